The summed E-state index contributed by atoms with van der Waals surface area (Å²) in [5.41, 5.74) is 11.2. The van der Waals surface area contributed by atoms with Gasteiger partial charge >= 0.3 is 0 Å². The largest absolute Gasteiger partial charge is 0.374 e. The molecule has 0 bridgehead atoms. The molecule has 5 heteroatoms. The molecule has 0 unspecified atom stereocenters. The van der Waals surface area contributed by atoms with Crippen molar-refractivity contribution < 1.29 is 4.57 Å². The first-order valence-corrected chi connectivity index (χ1v) is 6.35. The maximum Gasteiger partial charge on any atom is 0.283 e. The number of rotatable bonds is 3. The SMILES string of the molecule is Cc1c(C(C)C)n(NC(N)=S)c(C(C)C)[n+]1C. The quantitative estimate of drug-likeness (QED) is 0.638. The molecule has 0 amide bonds. The van der Waals surface area contributed by atoms with E-state index < -0.39 is 0 Å². The Morgan fingerprint density at radius 2 is 1.82 bits per heavy atom. The summed E-state index contributed by atoms with van der Waals surface area (Å²) in [4.78, 5) is 0. The number of nitrogens with two attached hydrogens (primary N) is 1. The topological polar surface area (TPSA) is 46.9 Å². The Kier molecular flexibility index (Phi) is 4.14. The highest BCUT2D eigenvalue weighted by Crippen LogP contribution is 2.21. The van der Waals surface area contributed by atoms with E-state index >= 15 is 0 Å². The van der Waals surface area contributed by atoms with E-state index in [1.165, 1.54) is 17.2 Å². The molecule has 96 valence electrons. The Morgan fingerprint density at radius 1 is 1.29 bits per heavy atom. The molecule has 0 aliphatic rings. The van der Waals surface area contributed by atoms with Crippen molar-refractivity contribution in [2.24, 2.45) is 12.8 Å². The minimum absolute atomic E-state index is 0.296. The first-order chi connectivity index (χ1) is 7.77. The van der Waals surface area contributed by atoms with Crippen LogP contribution in [-0.4, -0.2) is 9.79 Å². The van der Waals surface area contributed by atoms with Crippen LogP contribution in [0.1, 0.15) is 56.7 Å². The van der Waals surface area contributed by atoms with Crippen LogP contribution in [0, 0.1) is 6.92 Å². The Bertz CT molecular complexity index is 401. The van der Waals surface area contributed by atoms with Crippen molar-refractivity contribution in [2.75, 3.05) is 5.43 Å². The van der Waals surface area contributed by atoms with E-state index in [9.17, 15) is 0 Å². The third kappa shape index (κ3) is 2.60. The minimum Gasteiger partial charge on any atom is -0.374 e. The van der Waals surface area contributed by atoms with Gasteiger partial charge in [0.25, 0.3) is 5.82 Å². The lowest BCUT2D eigenvalue weighted by atomic mass is 10.1. The second kappa shape index (κ2) is 5.04. The summed E-state index contributed by atoms with van der Waals surface area (Å²) in [6.45, 7) is 10.8. The summed E-state index contributed by atoms with van der Waals surface area (Å²) in [6.07, 6.45) is 0. The zero-order chi connectivity index (χ0) is 13.3. The van der Waals surface area contributed by atoms with Gasteiger partial charge in [0.15, 0.2) is 10.8 Å². The summed E-state index contributed by atoms with van der Waals surface area (Å²) in [7, 11) is 2.08. The van der Waals surface area contributed by atoms with E-state index in [0.717, 1.165) is 0 Å². The van der Waals surface area contributed by atoms with Crippen molar-refractivity contribution in [1.82, 2.24) is 4.68 Å². The van der Waals surface area contributed by atoms with Gasteiger partial charge in [0, 0.05) is 12.8 Å². The van der Waals surface area contributed by atoms with E-state index in [4.69, 9.17) is 18.0 Å². The van der Waals surface area contributed by atoms with Gasteiger partial charge in [-0.1, -0.05) is 27.7 Å². The molecular weight excluding hydrogens is 232 g/mol. The first kappa shape index (κ1) is 14.0. The van der Waals surface area contributed by atoms with Crippen LogP contribution in [0.3, 0.4) is 0 Å². The number of nitrogens with one attached hydrogen (secondary N) is 1. The van der Waals surface area contributed by atoms with Gasteiger partial charge in [-0.2, -0.15) is 5.43 Å². The lowest BCUT2D eigenvalue weighted by Gasteiger charge is -2.09. The summed E-state index contributed by atoms with van der Waals surface area (Å²) >= 11 is 4.96. The van der Waals surface area contributed by atoms with Crippen LogP contribution in [-0.2, 0) is 7.05 Å². The van der Waals surface area contributed by atoms with Gasteiger partial charge in [-0.05, 0) is 12.2 Å². The van der Waals surface area contributed by atoms with Crippen LogP contribution in [0.15, 0.2) is 0 Å². The molecule has 3 N–H and O–H groups in total. The van der Waals surface area contributed by atoms with E-state index in [1.807, 2.05) is 4.68 Å². The predicted molar refractivity (Wildman–Crippen MR) is 74.7 cm³/mol. The van der Waals surface area contributed by atoms with Crippen LogP contribution in [0.5, 0.6) is 0 Å². The summed E-state index contributed by atoms with van der Waals surface area (Å²) in [6, 6.07) is 0. The third-order valence-electron chi connectivity index (χ3n) is 2.97. The maximum atomic E-state index is 5.61. The number of thiocarbonyl (C=S) groups is 1. The zero-order valence-electron chi connectivity index (χ0n) is 11.5. The Balaban J connectivity index is 3.48. The first-order valence-electron chi connectivity index (χ1n) is 5.94. The fraction of sp³-hybridized carbons (Fsp3) is 0.667. The molecule has 0 fully saturated rings. The lowest BCUT2D eigenvalue weighted by molar-refractivity contribution is -0.685. The van der Waals surface area contributed by atoms with Crippen LogP contribution in [0.25, 0.3) is 0 Å². The van der Waals surface area contributed by atoms with E-state index in [2.05, 4.69) is 51.7 Å². The Morgan fingerprint density at radius 3 is 2.18 bits per heavy atom. The summed E-state index contributed by atoms with van der Waals surface area (Å²) < 4.78 is 4.23. The molecule has 0 saturated carbocycles. The van der Waals surface area contributed by atoms with E-state index in [0.29, 0.717) is 16.9 Å². The molecular formula is C12H23N4S+. The normalized spacial score (nSPS) is 11.3. The third-order valence-corrected chi connectivity index (χ3v) is 3.06. The molecule has 0 aliphatic carbocycles. The molecule has 1 aromatic rings. The average molecular weight is 255 g/mol. The standard InChI is InChI=1S/C12H22N4S/c1-7(2)10-9(5)15(6)11(8(3)4)16(10)14-12(13)17/h7-8H,1-6H3,(H2-,13,14,17)/p+1. The van der Waals surface area contributed by atoms with Gasteiger partial charge in [-0.25, -0.2) is 4.57 Å². The van der Waals surface area contributed by atoms with Crippen LogP contribution < -0.4 is 15.7 Å². The van der Waals surface area contributed by atoms with Crippen molar-refractivity contribution in [3.8, 4) is 0 Å². The Labute approximate surface area is 109 Å². The molecule has 0 saturated heterocycles. The lowest BCUT2D eigenvalue weighted by Crippen LogP contribution is -2.38. The van der Waals surface area contributed by atoms with Crippen molar-refractivity contribution in [1.29, 1.82) is 0 Å². The van der Waals surface area contributed by atoms with Crippen molar-refractivity contribution in [3.05, 3.63) is 17.2 Å². The fourth-order valence-corrected chi connectivity index (χ4v) is 2.42. The van der Waals surface area contributed by atoms with E-state index in [-0.39, 0.29) is 0 Å². The van der Waals surface area contributed by atoms with E-state index in [1.54, 1.807) is 0 Å². The van der Waals surface area contributed by atoms with Gasteiger partial charge in [-0.15, -0.1) is 4.68 Å². The highest BCUT2D eigenvalue weighted by atomic mass is 32.1. The molecule has 0 aliphatic heterocycles. The number of imidazole rings is 1. The summed E-state index contributed by atoms with van der Waals surface area (Å²) in [5.74, 6) is 1.99. The van der Waals surface area contributed by atoms with Crippen LogP contribution >= 0.6 is 12.2 Å². The molecule has 1 rings (SSSR count). The second-order valence-electron chi connectivity index (χ2n) is 5.01. The zero-order valence-corrected chi connectivity index (χ0v) is 12.4. The fourth-order valence-electron chi connectivity index (χ4n) is 2.33. The molecule has 0 aromatic carbocycles. The molecule has 4 nitrogen and oxygen atoms in total. The van der Waals surface area contributed by atoms with Gasteiger partial charge in [0.05, 0.1) is 13.0 Å². The van der Waals surface area contributed by atoms with Gasteiger partial charge in [0.1, 0.15) is 5.69 Å². The summed E-state index contributed by atoms with van der Waals surface area (Å²) in [5, 5.41) is 0.296. The predicted octanol–water partition coefficient (Wildman–Crippen LogP) is 1.65. The van der Waals surface area contributed by atoms with Crippen molar-refractivity contribution in [2.45, 2.75) is 46.5 Å². The molecule has 0 spiro atoms. The van der Waals surface area contributed by atoms with Crippen molar-refractivity contribution >= 4 is 17.3 Å². The highest BCUT2D eigenvalue weighted by molar-refractivity contribution is 7.80. The molecule has 0 atom stereocenters. The number of nitrogens with zero attached hydrogens (tertiary/aromatic N) is 2. The van der Waals surface area contributed by atoms with Crippen LogP contribution in [0.2, 0.25) is 0 Å². The smallest absolute Gasteiger partial charge is 0.283 e. The molecule has 0 radical (unpaired) electrons. The Hall–Kier alpha value is -1.10. The monoisotopic (exact) mass is 255 g/mol. The number of hydrogen-bond acceptors (Lipinski definition) is 1. The minimum atomic E-state index is 0.296. The maximum absolute atomic E-state index is 5.61. The van der Waals surface area contributed by atoms with Gasteiger partial charge in [0.2, 0.25) is 0 Å². The van der Waals surface area contributed by atoms with Crippen LogP contribution in [0.4, 0.5) is 0 Å². The molecule has 1 heterocycles. The average Bonchev–Trinajstić information content (AvgIpc) is 2.37. The second-order valence-corrected chi connectivity index (χ2v) is 5.45. The molecule has 1 aromatic heterocycles. The molecule has 17 heavy (non-hydrogen) atoms. The van der Waals surface area contributed by atoms with Gasteiger partial charge in [-0.3, -0.25) is 0 Å². The van der Waals surface area contributed by atoms with Gasteiger partial charge < -0.3 is 5.73 Å². The number of aromatic nitrogens is 2. The van der Waals surface area contributed by atoms with Crippen molar-refractivity contribution in [3.63, 3.8) is 0 Å². The highest BCUT2D eigenvalue weighted by Gasteiger charge is 2.30. The number of hydrogen-bond donors (Lipinski definition) is 2.